The third kappa shape index (κ3) is 3.67. The Morgan fingerprint density at radius 3 is 2.30 bits per heavy atom. The molecule has 0 aliphatic rings. The van der Waals surface area contributed by atoms with Crippen LogP contribution in [-0.4, -0.2) is 25.5 Å². The summed E-state index contributed by atoms with van der Waals surface area (Å²) in [5.74, 6) is -3.13. The van der Waals surface area contributed by atoms with E-state index in [4.69, 9.17) is 5.11 Å². The highest BCUT2D eigenvalue weighted by Gasteiger charge is 2.33. The molecule has 0 amide bonds. The first-order valence-electron chi connectivity index (χ1n) is 5.07. The second-order valence-corrected chi connectivity index (χ2v) is 5.51. The van der Waals surface area contributed by atoms with Crippen LogP contribution in [0.3, 0.4) is 0 Å². The normalized spacial score (nSPS) is 14.1. The van der Waals surface area contributed by atoms with E-state index in [1.807, 2.05) is 0 Å². The van der Waals surface area contributed by atoms with Crippen LogP contribution in [0.1, 0.15) is 12.5 Å². The molecule has 0 heterocycles. The van der Waals surface area contributed by atoms with Crippen molar-refractivity contribution in [1.82, 2.24) is 4.72 Å². The third-order valence-corrected chi connectivity index (χ3v) is 3.83. The van der Waals surface area contributed by atoms with Crippen LogP contribution in [-0.2, 0) is 21.0 Å². The number of halogens is 4. The molecule has 1 atom stereocenters. The van der Waals surface area contributed by atoms with Crippen molar-refractivity contribution < 1.29 is 35.9 Å². The highest BCUT2D eigenvalue weighted by atomic mass is 32.2. The fourth-order valence-electron chi connectivity index (χ4n) is 1.24. The maximum atomic E-state index is 13.5. The maximum Gasteiger partial charge on any atom is 0.416 e. The molecular weight excluding hydrogens is 306 g/mol. The van der Waals surface area contributed by atoms with Crippen LogP contribution in [0.4, 0.5) is 17.6 Å². The van der Waals surface area contributed by atoms with Crippen LogP contribution in [0.25, 0.3) is 0 Å². The highest BCUT2D eigenvalue weighted by Crippen LogP contribution is 2.31. The molecular formula is C10H9F4NO4S. The van der Waals surface area contributed by atoms with Gasteiger partial charge >= 0.3 is 12.1 Å². The Labute approximate surface area is 111 Å². The molecule has 0 aliphatic carbocycles. The minimum atomic E-state index is -4.81. The van der Waals surface area contributed by atoms with Crippen molar-refractivity contribution in [3.63, 3.8) is 0 Å². The van der Waals surface area contributed by atoms with E-state index in [9.17, 15) is 30.8 Å². The van der Waals surface area contributed by atoms with Gasteiger partial charge in [-0.2, -0.15) is 17.9 Å². The summed E-state index contributed by atoms with van der Waals surface area (Å²) < 4.78 is 75.3. The molecule has 0 spiro atoms. The zero-order chi connectivity index (χ0) is 15.7. The fourth-order valence-corrected chi connectivity index (χ4v) is 2.50. The number of hydrogen-bond acceptors (Lipinski definition) is 3. The standard InChI is InChI=1S/C10H9F4NO4S/c1-5(9(16)17)15-20(18,19)8-3-2-6(4-7(8)11)10(12,13)14/h2-5,15H,1H3,(H,16,17)/t5-/m0/s1. The quantitative estimate of drug-likeness (QED) is 0.827. The van der Waals surface area contributed by atoms with Crippen molar-refractivity contribution in [3.05, 3.63) is 29.6 Å². The molecule has 20 heavy (non-hydrogen) atoms. The topological polar surface area (TPSA) is 83.5 Å². The van der Waals surface area contributed by atoms with Gasteiger partial charge in [0.2, 0.25) is 10.0 Å². The Hall–Kier alpha value is -1.68. The SMILES string of the molecule is C[C@H](NS(=O)(=O)c1ccc(C(F)(F)F)cc1F)C(=O)O. The highest BCUT2D eigenvalue weighted by molar-refractivity contribution is 7.89. The first kappa shape index (κ1) is 16.4. The molecule has 0 aromatic heterocycles. The second kappa shape index (κ2) is 5.37. The number of hydrogen-bond donors (Lipinski definition) is 2. The van der Waals surface area contributed by atoms with Gasteiger partial charge in [-0.1, -0.05) is 0 Å². The van der Waals surface area contributed by atoms with Crippen LogP contribution >= 0.6 is 0 Å². The number of nitrogens with one attached hydrogen (secondary N) is 1. The Balaban J connectivity index is 3.18. The number of carboxylic acids is 1. The van der Waals surface area contributed by atoms with E-state index in [0.717, 1.165) is 6.92 Å². The molecule has 0 unspecified atom stereocenters. The Morgan fingerprint density at radius 1 is 1.35 bits per heavy atom. The number of alkyl halides is 3. The minimum absolute atomic E-state index is 0.0278. The predicted octanol–water partition coefficient (Wildman–Crippen LogP) is 1.60. The van der Waals surface area contributed by atoms with Crippen molar-refractivity contribution >= 4 is 16.0 Å². The summed E-state index contributed by atoms with van der Waals surface area (Å²) in [7, 11) is -4.57. The van der Waals surface area contributed by atoms with Gasteiger partial charge in [0.1, 0.15) is 16.8 Å². The number of carbonyl (C=O) groups is 1. The number of sulfonamides is 1. The lowest BCUT2D eigenvalue weighted by Crippen LogP contribution is -2.38. The largest absolute Gasteiger partial charge is 0.480 e. The van der Waals surface area contributed by atoms with Gasteiger partial charge in [0.05, 0.1) is 5.56 Å². The molecule has 0 bridgehead atoms. The summed E-state index contributed by atoms with van der Waals surface area (Å²) in [6, 6.07) is -0.709. The van der Waals surface area contributed by atoms with Crippen molar-refractivity contribution in [2.24, 2.45) is 0 Å². The summed E-state index contributed by atoms with van der Waals surface area (Å²) in [6.07, 6.45) is -4.81. The number of aliphatic carboxylic acids is 1. The number of carboxylic acid groups (broad SMARTS) is 1. The lowest BCUT2D eigenvalue weighted by atomic mass is 10.2. The van der Waals surface area contributed by atoms with Gasteiger partial charge in [-0.3, -0.25) is 4.79 Å². The molecule has 1 rings (SSSR count). The van der Waals surface area contributed by atoms with E-state index in [-0.39, 0.29) is 6.07 Å². The van der Waals surface area contributed by atoms with Crippen LogP contribution in [0.2, 0.25) is 0 Å². The molecule has 0 saturated carbocycles. The van der Waals surface area contributed by atoms with E-state index in [1.54, 1.807) is 4.72 Å². The molecule has 0 saturated heterocycles. The van der Waals surface area contributed by atoms with Gasteiger partial charge in [-0.25, -0.2) is 12.8 Å². The van der Waals surface area contributed by atoms with E-state index in [2.05, 4.69) is 0 Å². The second-order valence-electron chi connectivity index (χ2n) is 3.82. The molecule has 0 fully saturated rings. The summed E-state index contributed by atoms with van der Waals surface area (Å²) in [5, 5.41) is 8.54. The number of benzene rings is 1. The Bertz CT molecular complexity index is 627. The third-order valence-electron chi connectivity index (χ3n) is 2.25. The monoisotopic (exact) mass is 315 g/mol. The predicted molar refractivity (Wildman–Crippen MR) is 58.8 cm³/mol. The van der Waals surface area contributed by atoms with Crippen molar-refractivity contribution in [3.8, 4) is 0 Å². The fraction of sp³-hybridized carbons (Fsp3) is 0.300. The summed E-state index contributed by atoms with van der Waals surface area (Å²) in [5.41, 5.74) is -1.35. The molecule has 2 N–H and O–H groups in total. The molecule has 1 aromatic carbocycles. The van der Waals surface area contributed by atoms with Gasteiger partial charge in [-0.15, -0.1) is 0 Å². The first-order valence-corrected chi connectivity index (χ1v) is 6.55. The zero-order valence-corrected chi connectivity index (χ0v) is 10.7. The molecule has 5 nitrogen and oxygen atoms in total. The minimum Gasteiger partial charge on any atom is -0.480 e. The number of rotatable bonds is 4. The Morgan fingerprint density at radius 2 is 1.90 bits per heavy atom. The molecule has 112 valence electrons. The summed E-state index contributed by atoms with van der Waals surface area (Å²) >= 11 is 0. The van der Waals surface area contributed by atoms with Crippen LogP contribution in [0.15, 0.2) is 23.1 Å². The van der Waals surface area contributed by atoms with Crippen LogP contribution < -0.4 is 4.72 Å². The van der Waals surface area contributed by atoms with Crippen LogP contribution in [0.5, 0.6) is 0 Å². The summed E-state index contributed by atoms with van der Waals surface area (Å²) in [4.78, 5) is 9.45. The van der Waals surface area contributed by atoms with Gasteiger partial charge in [0, 0.05) is 0 Å². The molecule has 1 aromatic rings. The molecule has 10 heteroatoms. The maximum absolute atomic E-state index is 13.5. The van der Waals surface area contributed by atoms with E-state index < -0.39 is 44.5 Å². The van der Waals surface area contributed by atoms with Crippen molar-refractivity contribution in [1.29, 1.82) is 0 Å². The van der Waals surface area contributed by atoms with Gasteiger partial charge in [0.25, 0.3) is 0 Å². The van der Waals surface area contributed by atoms with E-state index in [0.29, 0.717) is 12.1 Å². The molecule has 0 radical (unpaired) electrons. The van der Waals surface area contributed by atoms with E-state index >= 15 is 0 Å². The first-order chi connectivity index (χ1) is 8.95. The van der Waals surface area contributed by atoms with Crippen LogP contribution in [0, 0.1) is 5.82 Å². The van der Waals surface area contributed by atoms with Gasteiger partial charge in [-0.05, 0) is 25.1 Å². The lowest BCUT2D eigenvalue weighted by Gasteiger charge is -2.12. The molecule has 0 aliphatic heterocycles. The average molecular weight is 315 g/mol. The van der Waals surface area contributed by atoms with Crippen molar-refractivity contribution in [2.45, 2.75) is 24.0 Å². The van der Waals surface area contributed by atoms with Gasteiger partial charge in [0.15, 0.2) is 0 Å². The zero-order valence-electron chi connectivity index (χ0n) is 9.90. The smallest absolute Gasteiger partial charge is 0.416 e. The summed E-state index contributed by atoms with van der Waals surface area (Å²) in [6.45, 7) is 0.988. The van der Waals surface area contributed by atoms with Gasteiger partial charge < -0.3 is 5.11 Å². The van der Waals surface area contributed by atoms with E-state index in [1.165, 1.54) is 0 Å². The lowest BCUT2D eigenvalue weighted by molar-refractivity contribution is -0.139. The van der Waals surface area contributed by atoms with Crippen molar-refractivity contribution in [2.75, 3.05) is 0 Å². The Kier molecular flexibility index (Phi) is 4.39. The average Bonchev–Trinajstić information content (AvgIpc) is 2.26.